The first-order valence-corrected chi connectivity index (χ1v) is 7.20. The Bertz CT molecular complexity index is 980. The minimum Gasteiger partial charge on any atom is -0.479 e. The number of carboxylic acids is 1. The van der Waals surface area contributed by atoms with E-state index in [4.69, 9.17) is 30.3 Å². The predicted molar refractivity (Wildman–Crippen MR) is 88.8 cm³/mol. The van der Waals surface area contributed by atoms with Gasteiger partial charge in [-0.15, -0.1) is 0 Å². The van der Waals surface area contributed by atoms with Gasteiger partial charge < -0.3 is 14.6 Å². The third-order valence-corrected chi connectivity index (χ3v) is 3.24. The van der Waals surface area contributed by atoms with E-state index < -0.39 is 18.9 Å². The molecule has 3 rings (SSSR count). The maximum atomic E-state index is 11.1. The van der Waals surface area contributed by atoms with E-state index in [1.165, 1.54) is 30.5 Å². The van der Waals surface area contributed by atoms with Crippen LogP contribution in [0.15, 0.2) is 48.7 Å². The van der Waals surface area contributed by atoms with Crippen LogP contribution in [-0.4, -0.2) is 27.1 Å². The second-order valence-electron chi connectivity index (χ2n) is 4.75. The van der Waals surface area contributed by atoms with E-state index in [0.717, 1.165) is 0 Å². The molecular formula is C17H13ClN2O4. The largest absolute Gasteiger partial charge is 0.479 e. The summed E-state index contributed by atoms with van der Waals surface area (Å²) in [5.41, 5.74) is 1.24. The minimum absolute atomic E-state index is 0.0881. The number of carbonyl (C=O) groups is 1. The van der Waals surface area contributed by atoms with Gasteiger partial charge in [-0.05, 0) is 49.3 Å². The predicted octanol–water partition coefficient (Wildman–Crippen LogP) is 3.93. The van der Waals surface area contributed by atoms with Crippen LogP contribution in [-0.2, 0) is 4.79 Å². The second kappa shape index (κ2) is 6.72. The molecule has 2 aromatic carbocycles. The third-order valence-electron chi connectivity index (χ3n) is 3.01. The summed E-state index contributed by atoms with van der Waals surface area (Å²) in [5.74, 6) is -0.831. The Kier molecular flexibility index (Phi) is 3.51. The molecule has 0 bridgehead atoms. The van der Waals surface area contributed by atoms with Gasteiger partial charge in [-0.3, -0.25) is 0 Å². The van der Waals surface area contributed by atoms with E-state index in [2.05, 4.69) is 9.97 Å². The normalized spacial score (nSPS) is 14.3. The highest BCUT2D eigenvalue weighted by Crippen LogP contribution is 2.24. The zero-order chi connectivity index (χ0) is 19.6. The standard InChI is InChI=1S/C17H13ClN2O4/c1-10(17(21)22)23-12-3-5-13(6-4-12)24-16-9-19-15-8-11(18)2-7-14(15)20-16/h2-10H,1H3,(H,21,22)/i1D3. The molecule has 0 saturated heterocycles. The van der Waals surface area contributed by atoms with E-state index in [1.54, 1.807) is 18.2 Å². The molecule has 0 spiro atoms. The number of halogens is 1. The number of carboxylic acid groups (broad SMARTS) is 1. The molecule has 0 saturated carbocycles. The molecule has 1 atom stereocenters. The van der Waals surface area contributed by atoms with Gasteiger partial charge in [-0.1, -0.05) is 11.6 Å². The summed E-state index contributed by atoms with van der Waals surface area (Å²) >= 11 is 5.90. The lowest BCUT2D eigenvalue weighted by atomic mass is 10.3. The quantitative estimate of drug-likeness (QED) is 0.753. The number of hydrogen-bond acceptors (Lipinski definition) is 5. The fourth-order valence-electron chi connectivity index (χ4n) is 1.91. The molecule has 0 radical (unpaired) electrons. The van der Waals surface area contributed by atoms with Gasteiger partial charge >= 0.3 is 5.97 Å². The first kappa shape index (κ1) is 12.5. The molecule has 1 unspecified atom stereocenters. The molecule has 1 aromatic heterocycles. The molecule has 0 amide bonds. The molecule has 122 valence electrons. The smallest absolute Gasteiger partial charge is 0.344 e. The van der Waals surface area contributed by atoms with Crippen molar-refractivity contribution in [2.45, 2.75) is 13.0 Å². The van der Waals surface area contributed by atoms with Gasteiger partial charge in [0.2, 0.25) is 5.88 Å². The zero-order valence-electron chi connectivity index (χ0n) is 15.1. The minimum atomic E-state index is -2.79. The molecule has 3 aromatic rings. The average molecular weight is 348 g/mol. The summed E-state index contributed by atoms with van der Waals surface area (Å²) in [6.07, 6.45) is -0.513. The van der Waals surface area contributed by atoms with Crippen LogP contribution in [0.1, 0.15) is 11.0 Å². The first-order valence-electron chi connectivity index (χ1n) is 8.32. The van der Waals surface area contributed by atoms with Crippen LogP contribution >= 0.6 is 11.6 Å². The van der Waals surface area contributed by atoms with E-state index in [9.17, 15) is 4.79 Å². The van der Waals surface area contributed by atoms with Gasteiger partial charge in [0.15, 0.2) is 6.10 Å². The summed E-state index contributed by atoms with van der Waals surface area (Å²) in [4.78, 5) is 19.6. The van der Waals surface area contributed by atoms with E-state index in [1.807, 2.05) is 0 Å². The van der Waals surface area contributed by atoms with Crippen molar-refractivity contribution in [3.63, 3.8) is 0 Å². The van der Waals surface area contributed by atoms with Crippen LogP contribution in [0.25, 0.3) is 11.0 Å². The van der Waals surface area contributed by atoms with Crippen LogP contribution in [0, 0.1) is 0 Å². The van der Waals surface area contributed by atoms with E-state index in [0.29, 0.717) is 21.8 Å². The highest BCUT2D eigenvalue weighted by Gasteiger charge is 2.12. The Hall–Kier alpha value is -2.86. The topological polar surface area (TPSA) is 81.5 Å². The average Bonchev–Trinajstić information content (AvgIpc) is 2.60. The molecule has 0 fully saturated rings. The van der Waals surface area contributed by atoms with Gasteiger partial charge in [-0.25, -0.2) is 14.8 Å². The fraction of sp³-hybridized carbons (Fsp3) is 0.118. The van der Waals surface area contributed by atoms with Crippen LogP contribution in [0.4, 0.5) is 0 Å². The summed E-state index contributed by atoms with van der Waals surface area (Å²) < 4.78 is 32.3. The van der Waals surface area contributed by atoms with Gasteiger partial charge in [0.1, 0.15) is 11.5 Å². The summed E-state index contributed by atoms with van der Waals surface area (Å²) in [7, 11) is 0. The number of nitrogens with zero attached hydrogens (tertiary/aromatic N) is 2. The Balaban J connectivity index is 1.74. The Labute approximate surface area is 146 Å². The van der Waals surface area contributed by atoms with Gasteiger partial charge in [0.05, 0.1) is 17.2 Å². The van der Waals surface area contributed by atoms with Crippen molar-refractivity contribution < 1.29 is 23.5 Å². The Morgan fingerprint density at radius 2 is 1.96 bits per heavy atom. The van der Waals surface area contributed by atoms with Gasteiger partial charge in [0.25, 0.3) is 0 Å². The molecule has 0 aliphatic rings. The van der Waals surface area contributed by atoms with Crippen LogP contribution < -0.4 is 9.47 Å². The molecule has 7 heteroatoms. The van der Waals surface area contributed by atoms with Crippen molar-refractivity contribution in [2.24, 2.45) is 0 Å². The number of benzene rings is 2. The van der Waals surface area contributed by atoms with Crippen molar-refractivity contribution in [1.82, 2.24) is 9.97 Å². The van der Waals surface area contributed by atoms with Crippen molar-refractivity contribution in [2.75, 3.05) is 0 Å². The summed E-state index contributed by atoms with van der Waals surface area (Å²) in [6, 6.07) is 10.9. The lowest BCUT2D eigenvalue weighted by Gasteiger charge is -2.11. The van der Waals surface area contributed by atoms with Crippen molar-refractivity contribution >= 4 is 28.6 Å². The monoisotopic (exact) mass is 347 g/mol. The number of aromatic nitrogens is 2. The summed E-state index contributed by atoms with van der Waals surface area (Å²) in [5, 5.41) is 9.54. The molecule has 0 aliphatic carbocycles. The first-order chi connectivity index (χ1) is 12.7. The van der Waals surface area contributed by atoms with E-state index in [-0.39, 0.29) is 11.6 Å². The van der Waals surface area contributed by atoms with Crippen LogP contribution in [0.5, 0.6) is 17.4 Å². The highest BCUT2D eigenvalue weighted by atomic mass is 35.5. The molecule has 24 heavy (non-hydrogen) atoms. The van der Waals surface area contributed by atoms with Crippen molar-refractivity contribution in [3.8, 4) is 17.4 Å². The fourth-order valence-corrected chi connectivity index (χ4v) is 2.08. The number of ether oxygens (including phenoxy) is 2. The molecule has 6 nitrogen and oxygen atoms in total. The Morgan fingerprint density at radius 1 is 1.21 bits per heavy atom. The van der Waals surface area contributed by atoms with E-state index >= 15 is 0 Å². The summed E-state index contributed by atoms with van der Waals surface area (Å²) in [6.45, 7) is -2.79. The van der Waals surface area contributed by atoms with Crippen LogP contribution in [0.2, 0.25) is 5.02 Å². The number of hydrogen-bond donors (Lipinski definition) is 1. The number of fused-ring (bicyclic) bond motifs is 1. The lowest BCUT2D eigenvalue weighted by molar-refractivity contribution is -0.144. The SMILES string of the molecule is [2H]C([2H])([2H])C(Oc1ccc(Oc2cnc3cc(Cl)ccc3n2)cc1)C(=O)O. The third kappa shape index (κ3) is 3.72. The van der Waals surface area contributed by atoms with Crippen LogP contribution in [0.3, 0.4) is 0 Å². The molecular weight excluding hydrogens is 332 g/mol. The van der Waals surface area contributed by atoms with Gasteiger partial charge in [0, 0.05) is 9.13 Å². The van der Waals surface area contributed by atoms with Crippen molar-refractivity contribution in [3.05, 3.63) is 53.7 Å². The second-order valence-corrected chi connectivity index (χ2v) is 5.19. The van der Waals surface area contributed by atoms with Gasteiger partial charge in [-0.2, -0.15) is 0 Å². The molecule has 0 aliphatic heterocycles. The highest BCUT2D eigenvalue weighted by molar-refractivity contribution is 6.31. The van der Waals surface area contributed by atoms with Crippen molar-refractivity contribution in [1.29, 1.82) is 0 Å². The maximum absolute atomic E-state index is 11.1. The number of aliphatic carboxylic acids is 1. The molecule has 1 N–H and O–H groups in total. The Morgan fingerprint density at radius 3 is 2.67 bits per heavy atom. The number of rotatable bonds is 5. The molecule has 1 heterocycles. The lowest BCUT2D eigenvalue weighted by Crippen LogP contribution is -2.22. The maximum Gasteiger partial charge on any atom is 0.344 e. The zero-order valence-corrected chi connectivity index (χ0v) is 12.9.